The largest absolute Gasteiger partial charge is 0.303 e. The summed E-state index contributed by atoms with van der Waals surface area (Å²) in [5, 5.41) is 0. The minimum atomic E-state index is 0.689. The molecule has 2 heterocycles. The van der Waals surface area contributed by atoms with Crippen LogP contribution in [-0.4, -0.2) is 35.5 Å². The van der Waals surface area contributed by atoms with Crippen molar-refractivity contribution >= 4 is 11.8 Å². The lowest BCUT2D eigenvalue weighted by Gasteiger charge is -2.48. The van der Waals surface area contributed by atoms with Crippen molar-refractivity contribution in [2.75, 3.05) is 25.9 Å². The monoisotopic (exact) mass is 157 g/mol. The molecule has 2 saturated heterocycles. The molecule has 0 aromatic heterocycles. The first-order chi connectivity index (χ1) is 4.73. The summed E-state index contributed by atoms with van der Waals surface area (Å²) < 4.78 is 0.689. The highest BCUT2D eigenvalue weighted by atomic mass is 32.2. The maximum atomic E-state index is 2.43. The highest BCUT2D eigenvalue weighted by Gasteiger charge is 2.48. The average Bonchev–Trinajstić information content (AvgIpc) is 2.12. The zero-order valence-electron chi connectivity index (χ0n) is 6.76. The second-order valence-corrected chi connectivity index (χ2v) is 5.29. The summed E-state index contributed by atoms with van der Waals surface area (Å²) in [7, 11) is 2.22. The first-order valence-electron chi connectivity index (χ1n) is 4.05. The third-order valence-electron chi connectivity index (χ3n) is 2.91. The van der Waals surface area contributed by atoms with Crippen LogP contribution in [0.15, 0.2) is 0 Å². The Morgan fingerprint density at radius 3 is 2.60 bits per heavy atom. The summed E-state index contributed by atoms with van der Waals surface area (Å²) in [6.45, 7) is 5.07. The Hall–Kier alpha value is 0.310. The number of hydrogen-bond acceptors (Lipinski definition) is 2. The smallest absolute Gasteiger partial charge is 0.0439 e. The first-order valence-corrected chi connectivity index (χ1v) is 5.04. The summed E-state index contributed by atoms with van der Waals surface area (Å²) in [6, 6.07) is 0. The molecule has 2 aliphatic rings. The Labute approximate surface area is 67.2 Å². The van der Waals surface area contributed by atoms with Crippen molar-refractivity contribution < 1.29 is 0 Å². The molecule has 58 valence electrons. The van der Waals surface area contributed by atoms with E-state index in [1.54, 1.807) is 0 Å². The molecule has 0 aliphatic carbocycles. The maximum absolute atomic E-state index is 2.43. The predicted molar refractivity (Wildman–Crippen MR) is 46.5 cm³/mol. The topological polar surface area (TPSA) is 3.24 Å². The molecule has 1 atom stereocenters. The molecule has 2 heteroatoms. The zero-order valence-corrected chi connectivity index (χ0v) is 7.58. The van der Waals surface area contributed by atoms with Crippen LogP contribution in [-0.2, 0) is 0 Å². The van der Waals surface area contributed by atoms with Crippen LogP contribution in [0.4, 0.5) is 0 Å². The normalized spacial score (nSPS) is 38.4. The van der Waals surface area contributed by atoms with Crippen LogP contribution in [0, 0.1) is 5.92 Å². The summed E-state index contributed by atoms with van der Waals surface area (Å²) in [5.74, 6) is 2.36. The molecule has 1 spiro atoms. The molecule has 0 bridgehead atoms. The van der Waals surface area contributed by atoms with E-state index in [0.717, 1.165) is 5.92 Å². The van der Waals surface area contributed by atoms with Gasteiger partial charge in [-0.2, -0.15) is 11.8 Å². The Kier molecular flexibility index (Phi) is 1.50. The predicted octanol–water partition coefficient (Wildman–Crippen LogP) is 1.44. The fourth-order valence-electron chi connectivity index (χ4n) is 2.11. The summed E-state index contributed by atoms with van der Waals surface area (Å²) in [4.78, 5) is 2.43. The highest BCUT2D eigenvalue weighted by Crippen LogP contribution is 2.48. The number of hydrogen-bond donors (Lipinski definition) is 0. The lowest BCUT2D eigenvalue weighted by molar-refractivity contribution is 0.127. The molecule has 2 aliphatic heterocycles. The van der Waals surface area contributed by atoms with E-state index < -0.39 is 0 Å². The van der Waals surface area contributed by atoms with Crippen molar-refractivity contribution in [1.29, 1.82) is 0 Å². The standard InChI is InChI=1S/C8H15NS/c1-7-3-4-10-8(7)5-9(2)6-8/h7H,3-6H2,1-2H3. The van der Waals surface area contributed by atoms with Gasteiger partial charge in [0.1, 0.15) is 0 Å². The zero-order chi connectivity index (χ0) is 7.19. The maximum Gasteiger partial charge on any atom is 0.0439 e. The molecule has 10 heavy (non-hydrogen) atoms. The van der Waals surface area contributed by atoms with Crippen LogP contribution in [0.2, 0.25) is 0 Å². The van der Waals surface area contributed by atoms with Crippen LogP contribution in [0.5, 0.6) is 0 Å². The van der Waals surface area contributed by atoms with E-state index in [0.29, 0.717) is 4.75 Å². The van der Waals surface area contributed by atoms with Gasteiger partial charge in [-0.3, -0.25) is 0 Å². The van der Waals surface area contributed by atoms with Crippen molar-refractivity contribution in [3.63, 3.8) is 0 Å². The van der Waals surface area contributed by atoms with Gasteiger partial charge in [-0.25, -0.2) is 0 Å². The van der Waals surface area contributed by atoms with Gasteiger partial charge in [-0.05, 0) is 25.1 Å². The fourth-order valence-corrected chi connectivity index (χ4v) is 4.02. The van der Waals surface area contributed by atoms with Gasteiger partial charge in [0, 0.05) is 17.8 Å². The fraction of sp³-hybridized carbons (Fsp3) is 1.00. The number of rotatable bonds is 0. The molecule has 0 aromatic rings. The van der Waals surface area contributed by atoms with Crippen LogP contribution in [0.1, 0.15) is 13.3 Å². The van der Waals surface area contributed by atoms with Crippen molar-refractivity contribution in [2.45, 2.75) is 18.1 Å². The summed E-state index contributed by atoms with van der Waals surface area (Å²) in [6.07, 6.45) is 1.44. The van der Waals surface area contributed by atoms with Gasteiger partial charge < -0.3 is 4.90 Å². The molecule has 1 unspecified atom stereocenters. The molecule has 0 amide bonds. The third kappa shape index (κ3) is 0.817. The van der Waals surface area contributed by atoms with E-state index in [-0.39, 0.29) is 0 Å². The van der Waals surface area contributed by atoms with Crippen LogP contribution in [0.25, 0.3) is 0 Å². The first kappa shape index (κ1) is 6.99. The van der Waals surface area contributed by atoms with E-state index in [1.165, 1.54) is 25.3 Å². The van der Waals surface area contributed by atoms with Crippen molar-refractivity contribution in [3.8, 4) is 0 Å². The number of nitrogens with zero attached hydrogens (tertiary/aromatic N) is 1. The lowest BCUT2D eigenvalue weighted by atomic mass is 9.85. The molecule has 0 N–H and O–H groups in total. The summed E-state index contributed by atoms with van der Waals surface area (Å²) in [5.41, 5.74) is 0. The molecule has 0 aromatic carbocycles. The molecule has 0 saturated carbocycles. The minimum absolute atomic E-state index is 0.689. The van der Waals surface area contributed by atoms with Gasteiger partial charge in [0.2, 0.25) is 0 Å². The highest BCUT2D eigenvalue weighted by molar-refractivity contribution is 8.01. The van der Waals surface area contributed by atoms with E-state index in [9.17, 15) is 0 Å². The van der Waals surface area contributed by atoms with Gasteiger partial charge >= 0.3 is 0 Å². The summed E-state index contributed by atoms with van der Waals surface area (Å²) >= 11 is 2.20. The van der Waals surface area contributed by atoms with E-state index in [4.69, 9.17) is 0 Å². The van der Waals surface area contributed by atoms with Gasteiger partial charge in [0.25, 0.3) is 0 Å². The van der Waals surface area contributed by atoms with Gasteiger partial charge in [-0.1, -0.05) is 6.92 Å². The average molecular weight is 157 g/mol. The SMILES string of the molecule is CC1CCSC12CN(C)C2. The quantitative estimate of drug-likeness (QED) is 0.523. The number of likely N-dealkylation sites (tertiary alicyclic amines) is 1. The molecule has 2 fully saturated rings. The second-order valence-electron chi connectivity index (χ2n) is 3.78. The third-order valence-corrected chi connectivity index (χ3v) is 4.59. The van der Waals surface area contributed by atoms with Crippen LogP contribution >= 0.6 is 11.8 Å². The van der Waals surface area contributed by atoms with Gasteiger partial charge in [-0.15, -0.1) is 0 Å². The molecule has 2 rings (SSSR count). The Morgan fingerprint density at radius 1 is 1.50 bits per heavy atom. The molecular weight excluding hydrogens is 142 g/mol. The van der Waals surface area contributed by atoms with Crippen molar-refractivity contribution in [1.82, 2.24) is 4.90 Å². The van der Waals surface area contributed by atoms with E-state index >= 15 is 0 Å². The molecule has 1 nitrogen and oxygen atoms in total. The molecular formula is C8H15NS. The molecule has 0 radical (unpaired) electrons. The van der Waals surface area contributed by atoms with Crippen molar-refractivity contribution in [3.05, 3.63) is 0 Å². The van der Waals surface area contributed by atoms with E-state index in [2.05, 4.69) is 30.6 Å². The second kappa shape index (κ2) is 2.15. The van der Waals surface area contributed by atoms with Gasteiger partial charge in [0.05, 0.1) is 0 Å². The van der Waals surface area contributed by atoms with E-state index in [1.807, 2.05) is 0 Å². The Balaban J connectivity index is 2.03. The number of thioether (sulfide) groups is 1. The van der Waals surface area contributed by atoms with Crippen LogP contribution in [0.3, 0.4) is 0 Å². The Bertz CT molecular complexity index is 140. The lowest BCUT2D eigenvalue weighted by Crippen LogP contribution is -2.59. The Morgan fingerprint density at radius 2 is 2.20 bits per heavy atom. The minimum Gasteiger partial charge on any atom is -0.303 e. The van der Waals surface area contributed by atoms with Crippen LogP contribution < -0.4 is 0 Å². The van der Waals surface area contributed by atoms with Crippen molar-refractivity contribution in [2.24, 2.45) is 5.92 Å². The van der Waals surface area contributed by atoms with Gasteiger partial charge in [0.15, 0.2) is 0 Å².